The van der Waals surface area contributed by atoms with Crippen LogP contribution in [0.1, 0.15) is 102 Å². The molecule has 0 unspecified atom stereocenters. The molecule has 224 valence electrons. The van der Waals surface area contributed by atoms with Crippen molar-refractivity contribution < 1.29 is 9.90 Å². The van der Waals surface area contributed by atoms with E-state index in [4.69, 9.17) is 9.97 Å². The van der Waals surface area contributed by atoms with Gasteiger partial charge in [-0.25, -0.2) is 4.79 Å². The maximum atomic E-state index is 11.6. The summed E-state index contributed by atoms with van der Waals surface area (Å²) in [5.74, 6) is -0.942. The van der Waals surface area contributed by atoms with Crippen molar-refractivity contribution in [3.63, 3.8) is 0 Å². The van der Waals surface area contributed by atoms with Gasteiger partial charge in [0, 0.05) is 33.3 Å². The standard InChI is InChI=1S/C19H22N2.C19H23NO2/c1-12-9-13(2)17(14(3)10-12)18-15(11-20)7-8-16(21-18)19(4,5)6;1-11-9-12(2)16(13(3)10-11)17-14(18(21)22)7-8-15(20-17)19(4,5)6/h7-10H,1-6H3;7-10H,1-6H3,(H,21,22). The molecule has 0 atom stereocenters. The molecule has 0 bridgehead atoms. The van der Waals surface area contributed by atoms with Gasteiger partial charge in [-0.3, -0.25) is 9.97 Å². The first-order chi connectivity index (χ1) is 19.8. The van der Waals surface area contributed by atoms with Gasteiger partial charge in [-0.15, -0.1) is 0 Å². The van der Waals surface area contributed by atoms with Crippen molar-refractivity contribution in [2.75, 3.05) is 0 Å². The fourth-order valence-corrected chi connectivity index (χ4v) is 5.50. The molecule has 0 amide bonds. The van der Waals surface area contributed by atoms with Gasteiger partial charge in [-0.05, 0) is 88.1 Å². The summed E-state index contributed by atoms with van der Waals surface area (Å²) in [5, 5.41) is 18.9. The maximum Gasteiger partial charge on any atom is 0.337 e. The molecule has 5 heteroatoms. The highest BCUT2D eigenvalue weighted by Crippen LogP contribution is 2.33. The normalized spacial score (nSPS) is 11.4. The van der Waals surface area contributed by atoms with Crippen LogP contribution in [0, 0.1) is 52.9 Å². The number of aromatic carboxylic acids is 1. The Bertz CT molecular complexity index is 1680. The molecule has 5 nitrogen and oxygen atoms in total. The number of nitriles is 1. The Kier molecular flexibility index (Phi) is 9.66. The highest BCUT2D eigenvalue weighted by Gasteiger charge is 2.23. The molecule has 0 fully saturated rings. The molecule has 2 aromatic carbocycles. The van der Waals surface area contributed by atoms with Crippen molar-refractivity contribution in [3.8, 4) is 28.6 Å². The first-order valence-electron chi connectivity index (χ1n) is 14.7. The lowest BCUT2D eigenvalue weighted by atomic mass is 9.89. The number of hydrogen-bond donors (Lipinski definition) is 1. The fraction of sp³-hybridized carbons (Fsp3) is 0.368. The van der Waals surface area contributed by atoms with Gasteiger partial charge in [0.05, 0.1) is 22.5 Å². The number of nitrogens with zero attached hydrogens (tertiary/aromatic N) is 3. The van der Waals surface area contributed by atoms with E-state index >= 15 is 0 Å². The van der Waals surface area contributed by atoms with Gasteiger partial charge >= 0.3 is 5.97 Å². The first kappa shape index (κ1) is 33.2. The van der Waals surface area contributed by atoms with Crippen LogP contribution in [0.3, 0.4) is 0 Å². The Labute approximate surface area is 257 Å². The summed E-state index contributed by atoms with van der Waals surface area (Å²) in [7, 11) is 0. The van der Waals surface area contributed by atoms with Gasteiger partial charge in [-0.1, -0.05) is 76.9 Å². The predicted molar refractivity (Wildman–Crippen MR) is 177 cm³/mol. The Morgan fingerprint density at radius 2 is 1.02 bits per heavy atom. The summed E-state index contributed by atoms with van der Waals surface area (Å²) < 4.78 is 0. The van der Waals surface area contributed by atoms with Crippen LogP contribution in [0.5, 0.6) is 0 Å². The Hall–Kier alpha value is -4.30. The van der Waals surface area contributed by atoms with Gasteiger partial charge in [-0.2, -0.15) is 5.26 Å². The minimum absolute atomic E-state index is 0.0325. The summed E-state index contributed by atoms with van der Waals surface area (Å²) >= 11 is 0. The quantitative estimate of drug-likeness (QED) is 0.263. The number of aromatic nitrogens is 2. The van der Waals surface area contributed by atoms with E-state index in [1.165, 1.54) is 22.3 Å². The second kappa shape index (κ2) is 12.5. The minimum Gasteiger partial charge on any atom is -0.478 e. The number of carboxylic acids is 1. The largest absolute Gasteiger partial charge is 0.478 e. The Balaban J connectivity index is 0.000000236. The molecule has 0 spiro atoms. The zero-order valence-corrected chi connectivity index (χ0v) is 27.8. The highest BCUT2D eigenvalue weighted by molar-refractivity contribution is 5.95. The van der Waals surface area contributed by atoms with Crippen molar-refractivity contribution in [2.45, 2.75) is 93.9 Å². The lowest BCUT2D eigenvalue weighted by molar-refractivity contribution is 0.0697. The van der Waals surface area contributed by atoms with Crippen LogP contribution >= 0.6 is 0 Å². The van der Waals surface area contributed by atoms with Gasteiger partial charge in [0.15, 0.2) is 0 Å². The second-order valence-corrected chi connectivity index (χ2v) is 13.6. The zero-order valence-electron chi connectivity index (χ0n) is 27.8. The van der Waals surface area contributed by atoms with Gasteiger partial charge < -0.3 is 5.11 Å². The van der Waals surface area contributed by atoms with Crippen molar-refractivity contribution in [1.82, 2.24) is 9.97 Å². The molecular weight excluding hydrogens is 530 g/mol. The topological polar surface area (TPSA) is 86.9 Å². The average Bonchev–Trinajstić information content (AvgIpc) is 2.86. The third-order valence-electron chi connectivity index (χ3n) is 7.51. The van der Waals surface area contributed by atoms with Crippen LogP contribution in [0.25, 0.3) is 22.5 Å². The smallest absolute Gasteiger partial charge is 0.337 e. The van der Waals surface area contributed by atoms with E-state index in [2.05, 4.69) is 92.6 Å². The predicted octanol–water partition coefficient (Wildman–Crippen LogP) is 9.51. The summed E-state index contributed by atoms with van der Waals surface area (Å²) in [6.45, 7) is 25.0. The second-order valence-electron chi connectivity index (χ2n) is 13.6. The van der Waals surface area contributed by atoms with Crippen LogP contribution in [0.4, 0.5) is 0 Å². The van der Waals surface area contributed by atoms with Gasteiger partial charge in [0.25, 0.3) is 0 Å². The molecule has 0 saturated heterocycles. The fourth-order valence-electron chi connectivity index (χ4n) is 5.50. The number of hydrogen-bond acceptors (Lipinski definition) is 4. The molecule has 0 aliphatic rings. The highest BCUT2D eigenvalue weighted by atomic mass is 16.4. The van der Waals surface area contributed by atoms with E-state index in [1.54, 1.807) is 6.07 Å². The summed E-state index contributed by atoms with van der Waals surface area (Å²) in [6.07, 6.45) is 0. The lowest BCUT2D eigenvalue weighted by Crippen LogP contribution is -2.16. The van der Waals surface area contributed by atoms with Crippen molar-refractivity contribution >= 4 is 5.97 Å². The third-order valence-corrected chi connectivity index (χ3v) is 7.51. The molecule has 0 aliphatic heterocycles. The summed E-state index contributed by atoms with van der Waals surface area (Å²) in [4.78, 5) is 21.1. The van der Waals surface area contributed by atoms with Crippen molar-refractivity contribution in [1.29, 1.82) is 5.26 Å². The molecule has 0 aliphatic carbocycles. The Morgan fingerprint density at radius 3 is 1.40 bits per heavy atom. The zero-order chi connectivity index (χ0) is 32.4. The number of carboxylic acid groups (broad SMARTS) is 1. The number of benzene rings is 2. The van der Waals surface area contributed by atoms with Crippen LogP contribution in [0.2, 0.25) is 0 Å². The lowest BCUT2D eigenvalue weighted by Gasteiger charge is -2.21. The van der Waals surface area contributed by atoms with Crippen LogP contribution in [-0.4, -0.2) is 21.0 Å². The number of aryl methyl sites for hydroxylation is 6. The van der Waals surface area contributed by atoms with E-state index in [9.17, 15) is 15.2 Å². The first-order valence-corrected chi connectivity index (χ1v) is 14.7. The van der Waals surface area contributed by atoms with Gasteiger partial charge in [0.2, 0.25) is 0 Å². The molecule has 43 heavy (non-hydrogen) atoms. The molecule has 0 radical (unpaired) electrons. The molecule has 1 N–H and O–H groups in total. The third kappa shape index (κ3) is 7.56. The SMILES string of the molecule is Cc1cc(C)c(-c2nc(C(C)(C)C)ccc2C#N)c(C)c1.Cc1cc(C)c(-c2nc(C(C)(C)C)ccc2C(=O)O)c(C)c1. The van der Waals surface area contributed by atoms with E-state index in [1.807, 2.05) is 39.0 Å². The van der Waals surface area contributed by atoms with Crippen molar-refractivity contribution in [2.24, 2.45) is 0 Å². The molecule has 4 aromatic rings. The molecule has 2 heterocycles. The summed E-state index contributed by atoms with van der Waals surface area (Å²) in [6, 6.07) is 18.0. The number of rotatable bonds is 3. The van der Waals surface area contributed by atoms with Crippen LogP contribution < -0.4 is 0 Å². The van der Waals surface area contributed by atoms with E-state index in [0.717, 1.165) is 39.3 Å². The molecule has 2 aromatic heterocycles. The molecule has 4 rings (SSSR count). The molecule has 0 saturated carbocycles. The minimum atomic E-state index is -0.942. The Morgan fingerprint density at radius 1 is 0.651 bits per heavy atom. The molecular formula is C38H45N3O2. The summed E-state index contributed by atoms with van der Waals surface area (Å²) in [5.41, 5.74) is 12.9. The van der Waals surface area contributed by atoms with Gasteiger partial charge in [0.1, 0.15) is 6.07 Å². The van der Waals surface area contributed by atoms with E-state index in [0.29, 0.717) is 11.3 Å². The monoisotopic (exact) mass is 575 g/mol. The number of carbonyl (C=O) groups is 1. The van der Waals surface area contributed by atoms with E-state index < -0.39 is 5.97 Å². The average molecular weight is 576 g/mol. The van der Waals surface area contributed by atoms with E-state index in [-0.39, 0.29) is 16.4 Å². The van der Waals surface area contributed by atoms with Crippen LogP contribution in [-0.2, 0) is 10.8 Å². The number of pyridine rings is 2. The van der Waals surface area contributed by atoms with Crippen LogP contribution in [0.15, 0.2) is 48.5 Å². The van der Waals surface area contributed by atoms with Crippen molar-refractivity contribution in [3.05, 3.63) is 104 Å². The maximum absolute atomic E-state index is 11.6.